The summed E-state index contributed by atoms with van der Waals surface area (Å²) in [4.78, 5) is 10.6. The molecule has 0 atom stereocenters. The first-order valence-electron chi connectivity index (χ1n) is 3.15. The van der Waals surface area contributed by atoms with Gasteiger partial charge in [0.15, 0.2) is 0 Å². The van der Waals surface area contributed by atoms with E-state index >= 15 is 0 Å². The fraction of sp³-hybridized carbons (Fsp3) is 0.714. The maximum atomic E-state index is 10.6. The fourth-order valence-electron chi connectivity index (χ4n) is 0.466. The molecule has 0 saturated carbocycles. The van der Waals surface area contributed by atoms with E-state index in [-0.39, 0.29) is 12.1 Å². The number of hydrogen-bond donors (Lipinski definition) is 0. The van der Waals surface area contributed by atoms with Gasteiger partial charge in [0.2, 0.25) is 0 Å². The Morgan fingerprint density at radius 1 is 1.67 bits per heavy atom. The molecule has 0 N–H and O–H groups in total. The van der Waals surface area contributed by atoms with Crippen molar-refractivity contribution in [1.82, 2.24) is 0 Å². The Morgan fingerprint density at radius 3 is 2.56 bits per heavy atom. The monoisotopic (exact) mass is 129 g/mol. The lowest BCUT2D eigenvalue weighted by atomic mass is 10.3. The molecular weight excluding hydrogens is 116 g/mol. The van der Waals surface area contributed by atoms with E-state index in [1.54, 1.807) is 0 Å². The van der Waals surface area contributed by atoms with Crippen LogP contribution in [0.25, 0.3) is 0 Å². The topological polar surface area (TPSA) is 26.3 Å². The third kappa shape index (κ3) is 5.34. The molecule has 0 aromatic rings. The van der Waals surface area contributed by atoms with Crippen LogP contribution in [0.4, 0.5) is 0 Å². The molecule has 2 nitrogen and oxygen atoms in total. The smallest absolute Gasteiger partial charge is 0.306 e. The molecule has 9 heavy (non-hydrogen) atoms. The minimum atomic E-state index is -0.153. The molecule has 0 aliphatic rings. The van der Waals surface area contributed by atoms with Crippen molar-refractivity contribution in [2.24, 2.45) is 0 Å². The van der Waals surface area contributed by atoms with Crippen molar-refractivity contribution < 1.29 is 9.53 Å². The van der Waals surface area contributed by atoms with Crippen LogP contribution in [0.1, 0.15) is 26.7 Å². The van der Waals surface area contributed by atoms with Crippen LogP contribution in [0.15, 0.2) is 0 Å². The highest BCUT2D eigenvalue weighted by molar-refractivity contribution is 5.69. The molecule has 0 amide bonds. The molecule has 2 heteroatoms. The van der Waals surface area contributed by atoms with Crippen LogP contribution in [0, 0.1) is 6.92 Å². The molecule has 0 aliphatic heterocycles. The van der Waals surface area contributed by atoms with Crippen LogP contribution < -0.4 is 0 Å². The highest BCUT2D eigenvalue weighted by atomic mass is 16.5. The number of esters is 1. The van der Waals surface area contributed by atoms with Crippen molar-refractivity contribution >= 4 is 5.97 Å². The second-order valence-electron chi connectivity index (χ2n) is 2.14. The number of rotatable bonds is 3. The normalized spacial score (nSPS) is 9.78. The van der Waals surface area contributed by atoms with Crippen LogP contribution in [-0.4, -0.2) is 12.1 Å². The van der Waals surface area contributed by atoms with Gasteiger partial charge in [0.25, 0.3) is 0 Å². The fourth-order valence-corrected chi connectivity index (χ4v) is 0.466. The minimum absolute atomic E-state index is 0.00375. The van der Waals surface area contributed by atoms with E-state index in [0.29, 0.717) is 12.8 Å². The van der Waals surface area contributed by atoms with Gasteiger partial charge in [-0.25, -0.2) is 0 Å². The number of carbonyl (C=O) groups excluding carboxylic acids is 1. The molecule has 1 radical (unpaired) electrons. The third-order valence-electron chi connectivity index (χ3n) is 0.748. The first-order chi connectivity index (χ1) is 4.16. The highest BCUT2D eigenvalue weighted by Crippen LogP contribution is 1.94. The molecular formula is C7H13O2. The maximum Gasteiger partial charge on any atom is 0.306 e. The summed E-state index contributed by atoms with van der Waals surface area (Å²) in [6.07, 6.45) is 1.05. The van der Waals surface area contributed by atoms with Gasteiger partial charge in [0.05, 0.1) is 6.10 Å². The van der Waals surface area contributed by atoms with E-state index in [2.05, 4.69) is 6.92 Å². The molecule has 0 aromatic carbocycles. The van der Waals surface area contributed by atoms with Gasteiger partial charge in [-0.3, -0.25) is 4.79 Å². The lowest BCUT2D eigenvalue weighted by Crippen LogP contribution is -2.10. The van der Waals surface area contributed by atoms with Gasteiger partial charge in [-0.2, -0.15) is 0 Å². The van der Waals surface area contributed by atoms with Crippen molar-refractivity contribution in [2.45, 2.75) is 32.8 Å². The largest absolute Gasteiger partial charge is 0.463 e. The van der Waals surface area contributed by atoms with Crippen molar-refractivity contribution in [1.29, 1.82) is 0 Å². The second kappa shape index (κ2) is 4.36. The van der Waals surface area contributed by atoms with E-state index in [1.807, 2.05) is 13.8 Å². The quantitative estimate of drug-likeness (QED) is 0.540. The summed E-state index contributed by atoms with van der Waals surface area (Å²) in [5, 5.41) is 0. The average Bonchev–Trinajstić information content (AvgIpc) is 1.63. The standard InChI is InChI=1S/C7H13O2/c1-4-5-7(8)9-6(2)3/h6H,1,4-5H2,2-3H3. The van der Waals surface area contributed by atoms with Gasteiger partial charge in [-0.15, -0.1) is 0 Å². The van der Waals surface area contributed by atoms with Gasteiger partial charge >= 0.3 is 5.97 Å². The van der Waals surface area contributed by atoms with Crippen LogP contribution in [0.5, 0.6) is 0 Å². The molecule has 0 spiro atoms. The summed E-state index contributed by atoms with van der Waals surface area (Å²) in [7, 11) is 0. The summed E-state index contributed by atoms with van der Waals surface area (Å²) < 4.78 is 4.81. The molecule has 0 bridgehead atoms. The SMILES string of the molecule is [CH2]CCC(=O)OC(C)C. The zero-order valence-electron chi connectivity index (χ0n) is 6.02. The Hall–Kier alpha value is -0.530. The van der Waals surface area contributed by atoms with E-state index in [1.165, 1.54) is 0 Å². The maximum absolute atomic E-state index is 10.6. The van der Waals surface area contributed by atoms with Crippen molar-refractivity contribution in [3.05, 3.63) is 6.92 Å². The predicted molar refractivity (Wildman–Crippen MR) is 35.8 cm³/mol. The van der Waals surface area contributed by atoms with Crippen LogP contribution in [0.3, 0.4) is 0 Å². The third-order valence-corrected chi connectivity index (χ3v) is 0.748. The Morgan fingerprint density at radius 2 is 2.22 bits per heavy atom. The molecule has 0 saturated heterocycles. The van der Waals surface area contributed by atoms with Crippen LogP contribution in [0.2, 0.25) is 0 Å². The summed E-state index contributed by atoms with van der Waals surface area (Å²) >= 11 is 0. The molecule has 0 aromatic heterocycles. The summed E-state index contributed by atoms with van der Waals surface area (Å²) in [5.41, 5.74) is 0. The molecule has 0 fully saturated rings. The van der Waals surface area contributed by atoms with Crippen LogP contribution >= 0.6 is 0 Å². The predicted octanol–water partition coefficient (Wildman–Crippen LogP) is 1.55. The first-order valence-corrected chi connectivity index (χ1v) is 3.15. The van der Waals surface area contributed by atoms with Crippen molar-refractivity contribution in [3.8, 4) is 0 Å². The summed E-state index contributed by atoms with van der Waals surface area (Å²) in [6, 6.07) is 0. The zero-order chi connectivity index (χ0) is 7.28. The second-order valence-corrected chi connectivity index (χ2v) is 2.14. The molecule has 0 heterocycles. The Labute approximate surface area is 56.2 Å². The van der Waals surface area contributed by atoms with Crippen LogP contribution in [-0.2, 0) is 9.53 Å². The molecule has 0 unspecified atom stereocenters. The number of ether oxygens (including phenoxy) is 1. The lowest BCUT2D eigenvalue weighted by molar-refractivity contribution is -0.147. The Kier molecular flexibility index (Phi) is 4.10. The molecule has 53 valence electrons. The van der Waals surface area contributed by atoms with E-state index in [0.717, 1.165) is 0 Å². The van der Waals surface area contributed by atoms with Crippen molar-refractivity contribution in [2.75, 3.05) is 0 Å². The molecule has 0 aliphatic carbocycles. The Bertz CT molecular complexity index is 86.9. The minimum Gasteiger partial charge on any atom is -0.463 e. The van der Waals surface area contributed by atoms with E-state index in [9.17, 15) is 4.79 Å². The Balaban J connectivity index is 3.27. The van der Waals surface area contributed by atoms with E-state index < -0.39 is 0 Å². The van der Waals surface area contributed by atoms with E-state index in [4.69, 9.17) is 4.74 Å². The summed E-state index contributed by atoms with van der Waals surface area (Å²) in [5.74, 6) is -0.153. The number of hydrogen-bond acceptors (Lipinski definition) is 2. The highest BCUT2D eigenvalue weighted by Gasteiger charge is 2.01. The number of carbonyl (C=O) groups is 1. The summed E-state index contributed by atoms with van der Waals surface area (Å²) in [6.45, 7) is 7.20. The van der Waals surface area contributed by atoms with Gasteiger partial charge in [-0.05, 0) is 20.3 Å². The van der Waals surface area contributed by atoms with Gasteiger partial charge in [0, 0.05) is 6.42 Å². The van der Waals surface area contributed by atoms with Gasteiger partial charge in [0.1, 0.15) is 0 Å². The molecule has 0 rings (SSSR count). The van der Waals surface area contributed by atoms with Gasteiger partial charge < -0.3 is 4.74 Å². The lowest BCUT2D eigenvalue weighted by Gasteiger charge is -2.05. The van der Waals surface area contributed by atoms with Crippen molar-refractivity contribution in [3.63, 3.8) is 0 Å². The van der Waals surface area contributed by atoms with Gasteiger partial charge in [-0.1, -0.05) is 6.92 Å². The zero-order valence-corrected chi connectivity index (χ0v) is 6.02. The average molecular weight is 129 g/mol. The first kappa shape index (κ1) is 8.47.